The number of imidazole rings is 1. The molecule has 0 spiro atoms. The van der Waals surface area contributed by atoms with Gasteiger partial charge in [-0.05, 0) is 42.1 Å². The molecule has 0 saturated heterocycles. The Hall–Kier alpha value is -4.37. The third kappa shape index (κ3) is 7.81. The van der Waals surface area contributed by atoms with E-state index >= 15 is 0 Å². The van der Waals surface area contributed by atoms with E-state index in [0.717, 1.165) is 24.3 Å². The van der Waals surface area contributed by atoms with Crippen molar-refractivity contribution in [2.24, 2.45) is 10.7 Å². The number of fused-ring (bicyclic) bond motifs is 1. The van der Waals surface area contributed by atoms with Gasteiger partial charge in [0.15, 0.2) is 5.70 Å². The number of nitrogens with zero attached hydrogens (tertiary/aromatic N) is 3. The van der Waals surface area contributed by atoms with E-state index in [1.165, 1.54) is 28.1 Å². The molecule has 1 amide bonds. The maximum atomic E-state index is 11.3. The Balaban J connectivity index is 0.000000220. The number of aromatic nitrogens is 2. The Labute approximate surface area is 220 Å². The quantitative estimate of drug-likeness (QED) is 0.124. The Morgan fingerprint density at radius 1 is 1.14 bits per heavy atom. The van der Waals surface area contributed by atoms with E-state index in [4.69, 9.17) is 5.73 Å². The number of carbonyl (C=O) groups is 2. The summed E-state index contributed by atoms with van der Waals surface area (Å²) in [6.45, 7) is 6.14. The molecular formula is C28H30N6O2S. The van der Waals surface area contributed by atoms with Gasteiger partial charge in [0.2, 0.25) is 0 Å². The predicted octanol–water partition coefficient (Wildman–Crippen LogP) is 4.57. The van der Waals surface area contributed by atoms with Crippen LogP contribution in [-0.2, 0) is 11.3 Å². The number of hydrogen-bond donors (Lipinski definition) is 3. The molecule has 37 heavy (non-hydrogen) atoms. The Morgan fingerprint density at radius 3 is 2.46 bits per heavy atom. The normalized spacial score (nSPS) is 11.1. The Kier molecular flexibility index (Phi) is 10.0. The molecule has 190 valence electrons. The molecule has 0 saturated carbocycles. The van der Waals surface area contributed by atoms with Crippen LogP contribution in [0.15, 0.2) is 94.8 Å². The molecule has 0 aliphatic heterocycles. The average molecular weight is 515 g/mol. The lowest BCUT2D eigenvalue weighted by Crippen LogP contribution is -2.19. The summed E-state index contributed by atoms with van der Waals surface area (Å²) in [5, 5.41) is 9.18. The van der Waals surface area contributed by atoms with Crippen molar-refractivity contribution in [2.45, 2.75) is 13.5 Å². The fourth-order valence-electron chi connectivity index (χ4n) is 3.48. The number of benzene rings is 3. The number of amides is 1. The summed E-state index contributed by atoms with van der Waals surface area (Å²) in [4.78, 5) is 29.6. The number of rotatable bonds is 10. The van der Waals surface area contributed by atoms with Crippen molar-refractivity contribution in [3.8, 4) is 0 Å². The molecule has 3 aromatic carbocycles. The van der Waals surface area contributed by atoms with E-state index in [9.17, 15) is 9.59 Å². The first-order valence-electron chi connectivity index (χ1n) is 11.5. The fourth-order valence-corrected chi connectivity index (χ4v) is 4.31. The van der Waals surface area contributed by atoms with Gasteiger partial charge in [-0.3, -0.25) is 14.6 Å². The zero-order valence-electron chi connectivity index (χ0n) is 20.8. The highest BCUT2D eigenvalue weighted by atomic mass is 32.2. The number of aryl methyl sites for hydroxylation is 1. The number of thioether (sulfide) groups is 1. The second-order valence-corrected chi connectivity index (χ2v) is 8.92. The maximum absolute atomic E-state index is 11.3. The van der Waals surface area contributed by atoms with Crippen LogP contribution in [0.2, 0.25) is 0 Å². The molecule has 1 aromatic heterocycles. The number of nitrogens with one attached hydrogen (secondary N) is 2. The van der Waals surface area contributed by atoms with Gasteiger partial charge in [0.25, 0.3) is 5.91 Å². The topological polar surface area (TPSA) is 114 Å². The Morgan fingerprint density at radius 2 is 1.86 bits per heavy atom. The number of primary amides is 1. The van der Waals surface area contributed by atoms with Crippen molar-refractivity contribution in [2.75, 3.05) is 18.2 Å². The lowest BCUT2D eigenvalue weighted by Gasteiger charge is -2.11. The number of anilines is 1. The van der Waals surface area contributed by atoms with E-state index in [2.05, 4.69) is 56.2 Å². The lowest BCUT2D eigenvalue weighted by atomic mass is 10.1. The molecule has 8 nitrogen and oxygen atoms in total. The molecular weight excluding hydrogens is 484 g/mol. The van der Waals surface area contributed by atoms with Crippen LogP contribution in [0, 0.1) is 6.92 Å². The molecule has 0 atom stereocenters. The van der Waals surface area contributed by atoms with Crippen LogP contribution >= 0.6 is 11.8 Å². The first-order chi connectivity index (χ1) is 17.9. The van der Waals surface area contributed by atoms with Crippen molar-refractivity contribution in [1.29, 1.82) is 0 Å². The summed E-state index contributed by atoms with van der Waals surface area (Å²) in [7, 11) is 1.71. The summed E-state index contributed by atoms with van der Waals surface area (Å²) >= 11 is 1.41. The van der Waals surface area contributed by atoms with Gasteiger partial charge in [-0.25, -0.2) is 4.98 Å². The first-order valence-corrected chi connectivity index (χ1v) is 12.5. The monoisotopic (exact) mass is 514 g/mol. The van der Waals surface area contributed by atoms with Crippen LogP contribution in [0.3, 0.4) is 0 Å². The molecule has 0 radical (unpaired) electrons. The fraction of sp³-hybridized carbons (Fsp3) is 0.143. The Bertz CT molecular complexity index is 1400. The lowest BCUT2D eigenvalue weighted by molar-refractivity contribution is -0.114. The van der Waals surface area contributed by atoms with Crippen LogP contribution in [0.5, 0.6) is 0 Å². The van der Waals surface area contributed by atoms with Gasteiger partial charge < -0.3 is 20.9 Å². The molecule has 4 rings (SSSR count). The van der Waals surface area contributed by atoms with Gasteiger partial charge in [-0.2, -0.15) is 0 Å². The highest BCUT2D eigenvalue weighted by Gasteiger charge is 2.10. The zero-order chi connectivity index (χ0) is 26.6. The van der Waals surface area contributed by atoms with E-state index in [1.54, 1.807) is 13.2 Å². The van der Waals surface area contributed by atoms with E-state index in [0.29, 0.717) is 16.5 Å². The van der Waals surface area contributed by atoms with Crippen LogP contribution in [-0.4, -0.2) is 41.4 Å². The molecule has 0 aliphatic rings. The van der Waals surface area contributed by atoms with Gasteiger partial charge in [0.1, 0.15) is 17.1 Å². The zero-order valence-corrected chi connectivity index (χ0v) is 21.7. The number of nitrogens with two attached hydrogens (primary N) is 1. The van der Waals surface area contributed by atoms with E-state index < -0.39 is 5.91 Å². The maximum Gasteiger partial charge on any atom is 0.269 e. The van der Waals surface area contributed by atoms with Crippen molar-refractivity contribution in [3.63, 3.8) is 0 Å². The van der Waals surface area contributed by atoms with Crippen molar-refractivity contribution < 1.29 is 9.59 Å². The highest BCUT2D eigenvalue weighted by Crippen LogP contribution is 2.22. The minimum atomic E-state index is -0.599. The molecule has 0 fully saturated rings. The standard InChI is InChI=1S/C16H18N4OS.C12H12N2O/c1-18-14(15(17)21)16(19-2)22-10-20-13-8-7-11-5-3-4-6-12(11)9-13;1-10-13-6-7-14(10)8-11-2-4-12(9-15)5-3-11/h3-9,19-20H,1,10H2,2H3,(H2,17,21);2-7,9H,8H2,1H3/b16-14-;. The van der Waals surface area contributed by atoms with Crippen LogP contribution in [0.1, 0.15) is 21.7 Å². The summed E-state index contributed by atoms with van der Waals surface area (Å²) in [5.41, 5.74) is 8.30. The van der Waals surface area contributed by atoms with Gasteiger partial charge in [0, 0.05) is 37.2 Å². The molecule has 4 aromatic rings. The number of aliphatic imine (C=N–C) groups is 1. The molecule has 1 heterocycles. The summed E-state index contributed by atoms with van der Waals surface area (Å²) < 4.78 is 2.07. The minimum absolute atomic E-state index is 0.146. The summed E-state index contributed by atoms with van der Waals surface area (Å²) in [6, 6.07) is 21.9. The van der Waals surface area contributed by atoms with Gasteiger partial charge in [-0.1, -0.05) is 66.4 Å². The van der Waals surface area contributed by atoms with Crippen molar-refractivity contribution in [1.82, 2.24) is 14.9 Å². The second kappa shape index (κ2) is 13.6. The average Bonchev–Trinajstić information content (AvgIpc) is 3.32. The molecule has 0 aliphatic carbocycles. The van der Waals surface area contributed by atoms with Crippen LogP contribution in [0.4, 0.5) is 5.69 Å². The van der Waals surface area contributed by atoms with Crippen LogP contribution < -0.4 is 16.4 Å². The van der Waals surface area contributed by atoms with E-state index in [1.807, 2.05) is 55.6 Å². The molecule has 4 N–H and O–H groups in total. The molecule has 9 heteroatoms. The number of carbonyl (C=O) groups excluding carboxylic acids is 2. The smallest absolute Gasteiger partial charge is 0.269 e. The van der Waals surface area contributed by atoms with Gasteiger partial charge >= 0.3 is 0 Å². The number of hydrogen-bond acceptors (Lipinski definition) is 7. The van der Waals surface area contributed by atoms with Gasteiger partial charge in [-0.15, -0.1) is 0 Å². The third-order valence-electron chi connectivity index (χ3n) is 5.47. The first kappa shape index (κ1) is 27.2. The van der Waals surface area contributed by atoms with Crippen molar-refractivity contribution >= 4 is 47.1 Å². The van der Waals surface area contributed by atoms with Crippen LogP contribution in [0.25, 0.3) is 10.8 Å². The molecule has 0 unspecified atom stereocenters. The minimum Gasteiger partial charge on any atom is -0.381 e. The largest absolute Gasteiger partial charge is 0.381 e. The summed E-state index contributed by atoms with van der Waals surface area (Å²) in [5.74, 6) is 0.966. The summed E-state index contributed by atoms with van der Waals surface area (Å²) in [6.07, 6.45) is 4.59. The van der Waals surface area contributed by atoms with E-state index in [-0.39, 0.29) is 5.70 Å². The molecule has 0 bridgehead atoms. The SMILES string of the molecule is C=N/C(C(N)=O)=C(/NC)SCNc1ccc2ccccc2c1.Cc1nccn1Cc1ccc(C=O)cc1. The third-order valence-corrected chi connectivity index (χ3v) is 6.44. The highest BCUT2D eigenvalue weighted by molar-refractivity contribution is 8.03. The van der Waals surface area contributed by atoms with Crippen molar-refractivity contribution in [3.05, 3.63) is 107 Å². The predicted molar refractivity (Wildman–Crippen MR) is 153 cm³/mol. The van der Waals surface area contributed by atoms with Gasteiger partial charge in [0.05, 0.1) is 5.88 Å². The second-order valence-electron chi connectivity index (χ2n) is 7.94. The number of aldehydes is 1.